The lowest BCUT2D eigenvalue weighted by Crippen LogP contribution is -2.17. The van der Waals surface area contributed by atoms with E-state index < -0.39 is 0 Å². The third kappa shape index (κ3) is 2.59. The van der Waals surface area contributed by atoms with Gasteiger partial charge in [0.05, 0.1) is 12.5 Å². The fourth-order valence-electron chi connectivity index (χ4n) is 1.91. The van der Waals surface area contributed by atoms with Crippen LogP contribution in [0.1, 0.15) is 16.1 Å². The summed E-state index contributed by atoms with van der Waals surface area (Å²) >= 11 is 0. The van der Waals surface area contributed by atoms with Gasteiger partial charge in [-0.05, 0) is 35.0 Å². The van der Waals surface area contributed by atoms with Crippen LogP contribution in [-0.2, 0) is 0 Å². The van der Waals surface area contributed by atoms with Crippen LogP contribution >= 0.6 is 0 Å². The molecule has 4 nitrogen and oxygen atoms in total. The van der Waals surface area contributed by atoms with E-state index >= 15 is 0 Å². The largest absolute Gasteiger partial charge is 0.463 e. The Bertz CT molecular complexity index is 761. The summed E-state index contributed by atoms with van der Waals surface area (Å²) in [6.07, 6.45) is 3.01. The van der Waals surface area contributed by atoms with Gasteiger partial charge in [0.25, 0.3) is 5.91 Å². The molecule has 2 aromatic carbocycles. The van der Waals surface area contributed by atoms with Crippen molar-refractivity contribution in [3.63, 3.8) is 0 Å². The molecule has 20 heavy (non-hydrogen) atoms. The van der Waals surface area contributed by atoms with Crippen LogP contribution in [0, 0.1) is 0 Å². The van der Waals surface area contributed by atoms with E-state index in [1.54, 1.807) is 24.5 Å². The molecule has 4 heteroatoms. The number of benzene rings is 2. The monoisotopic (exact) mass is 264 g/mol. The minimum Gasteiger partial charge on any atom is -0.463 e. The lowest BCUT2D eigenvalue weighted by Gasteiger charge is -2.02. The van der Waals surface area contributed by atoms with Crippen molar-refractivity contribution in [2.24, 2.45) is 5.10 Å². The van der Waals surface area contributed by atoms with E-state index in [4.69, 9.17) is 4.42 Å². The van der Waals surface area contributed by atoms with Gasteiger partial charge in [0.1, 0.15) is 5.76 Å². The maximum absolute atomic E-state index is 12.0. The van der Waals surface area contributed by atoms with Gasteiger partial charge in [0.2, 0.25) is 0 Å². The van der Waals surface area contributed by atoms with Crippen LogP contribution in [0.25, 0.3) is 10.8 Å². The predicted molar refractivity (Wildman–Crippen MR) is 77.7 cm³/mol. The first kappa shape index (κ1) is 12.2. The summed E-state index contributed by atoms with van der Waals surface area (Å²) in [7, 11) is 0. The average Bonchev–Trinajstić information content (AvgIpc) is 3.00. The maximum atomic E-state index is 12.0. The number of nitrogens with zero attached hydrogens (tertiary/aromatic N) is 1. The highest BCUT2D eigenvalue weighted by molar-refractivity contribution is 5.98. The van der Waals surface area contributed by atoms with Crippen LogP contribution in [0.15, 0.2) is 70.4 Å². The molecule has 0 spiro atoms. The molecule has 0 fully saturated rings. The van der Waals surface area contributed by atoms with Crippen molar-refractivity contribution in [3.05, 3.63) is 72.2 Å². The molecule has 0 saturated heterocycles. The number of hydrazone groups is 1. The molecule has 98 valence electrons. The van der Waals surface area contributed by atoms with Crippen LogP contribution in [0.4, 0.5) is 0 Å². The van der Waals surface area contributed by atoms with Gasteiger partial charge in [0, 0.05) is 5.56 Å². The van der Waals surface area contributed by atoms with E-state index in [2.05, 4.69) is 10.5 Å². The number of furan rings is 1. The first-order valence-electron chi connectivity index (χ1n) is 6.19. The highest BCUT2D eigenvalue weighted by atomic mass is 16.3. The van der Waals surface area contributed by atoms with Crippen molar-refractivity contribution in [2.75, 3.05) is 0 Å². The Morgan fingerprint density at radius 2 is 1.90 bits per heavy atom. The zero-order valence-electron chi connectivity index (χ0n) is 10.6. The van der Waals surface area contributed by atoms with E-state index in [1.165, 1.54) is 6.21 Å². The molecule has 0 atom stereocenters. The van der Waals surface area contributed by atoms with Gasteiger partial charge >= 0.3 is 0 Å². The van der Waals surface area contributed by atoms with Crippen LogP contribution in [0.3, 0.4) is 0 Å². The van der Waals surface area contributed by atoms with Crippen molar-refractivity contribution in [1.82, 2.24) is 5.43 Å². The minimum atomic E-state index is -0.251. The molecule has 1 heterocycles. The van der Waals surface area contributed by atoms with Gasteiger partial charge in [-0.1, -0.05) is 30.3 Å². The van der Waals surface area contributed by atoms with Gasteiger partial charge in [-0.15, -0.1) is 0 Å². The lowest BCUT2D eigenvalue weighted by atomic mass is 10.1. The molecule has 0 unspecified atom stereocenters. The second kappa shape index (κ2) is 5.40. The van der Waals surface area contributed by atoms with E-state index in [0.717, 1.165) is 10.8 Å². The molecule has 1 aromatic heterocycles. The molecule has 3 rings (SSSR count). The summed E-state index contributed by atoms with van der Waals surface area (Å²) in [5.74, 6) is 0.336. The normalized spacial score (nSPS) is 11.0. The molecular weight excluding hydrogens is 252 g/mol. The maximum Gasteiger partial charge on any atom is 0.271 e. The van der Waals surface area contributed by atoms with E-state index in [0.29, 0.717) is 11.3 Å². The standard InChI is InChI=1S/C16H12N2O2/c19-16(18-17-11-15-6-3-9-20-15)14-8-7-12-4-1-2-5-13(12)10-14/h1-11H,(H,18,19)/b17-11+. The van der Waals surface area contributed by atoms with E-state index in [-0.39, 0.29) is 5.91 Å². The molecule has 1 amide bonds. The topological polar surface area (TPSA) is 54.6 Å². The van der Waals surface area contributed by atoms with Gasteiger partial charge < -0.3 is 4.42 Å². The molecule has 0 aliphatic carbocycles. The van der Waals surface area contributed by atoms with Crippen LogP contribution in [0.5, 0.6) is 0 Å². The fourth-order valence-corrected chi connectivity index (χ4v) is 1.91. The number of fused-ring (bicyclic) bond motifs is 1. The zero-order chi connectivity index (χ0) is 13.8. The van der Waals surface area contributed by atoms with Gasteiger partial charge in [-0.3, -0.25) is 4.79 Å². The summed E-state index contributed by atoms with van der Waals surface area (Å²) in [6, 6.07) is 16.9. The van der Waals surface area contributed by atoms with Crippen LogP contribution in [0.2, 0.25) is 0 Å². The Hall–Kier alpha value is -2.88. The first-order chi connectivity index (χ1) is 9.83. The van der Waals surface area contributed by atoms with Crippen molar-refractivity contribution in [2.45, 2.75) is 0 Å². The number of hydrogen-bond donors (Lipinski definition) is 1. The number of nitrogens with one attached hydrogen (secondary N) is 1. The SMILES string of the molecule is O=C(N/N=C/c1ccco1)c1ccc2ccccc2c1. The van der Waals surface area contributed by atoms with E-state index in [9.17, 15) is 4.79 Å². The summed E-state index contributed by atoms with van der Waals surface area (Å²) in [4.78, 5) is 12.0. The van der Waals surface area contributed by atoms with Gasteiger partial charge in [0.15, 0.2) is 0 Å². The Morgan fingerprint density at radius 3 is 2.70 bits per heavy atom. The van der Waals surface area contributed by atoms with E-state index in [1.807, 2.05) is 36.4 Å². The number of carbonyl (C=O) groups excluding carboxylic acids is 1. The van der Waals surface area contributed by atoms with Crippen LogP contribution in [-0.4, -0.2) is 12.1 Å². The van der Waals surface area contributed by atoms with Gasteiger partial charge in [-0.2, -0.15) is 5.10 Å². The summed E-state index contributed by atoms with van der Waals surface area (Å²) in [5.41, 5.74) is 3.04. The quantitative estimate of drug-likeness (QED) is 0.583. The number of hydrogen-bond acceptors (Lipinski definition) is 3. The molecule has 0 saturated carbocycles. The molecule has 0 aliphatic rings. The van der Waals surface area contributed by atoms with Gasteiger partial charge in [-0.25, -0.2) is 5.43 Å². The molecule has 0 aliphatic heterocycles. The molecule has 1 N–H and O–H groups in total. The third-order valence-electron chi connectivity index (χ3n) is 2.91. The van der Waals surface area contributed by atoms with Crippen molar-refractivity contribution in [1.29, 1.82) is 0 Å². The summed E-state index contributed by atoms with van der Waals surface area (Å²) < 4.78 is 5.08. The number of carbonyl (C=O) groups is 1. The summed E-state index contributed by atoms with van der Waals surface area (Å²) in [6.45, 7) is 0. The Labute approximate surface area is 115 Å². The molecule has 0 radical (unpaired) electrons. The molecule has 0 bridgehead atoms. The Morgan fingerprint density at radius 1 is 1.05 bits per heavy atom. The second-order valence-electron chi connectivity index (χ2n) is 4.28. The number of rotatable bonds is 3. The Balaban J connectivity index is 1.75. The van der Waals surface area contributed by atoms with Crippen molar-refractivity contribution in [3.8, 4) is 0 Å². The highest BCUT2D eigenvalue weighted by Gasteiger charge is 2.04. The molecular formula is C16H12N2O2. The Kier molecular flexibility index (Phi) is 3.29. The highest BCUT2D eigenvalue weighted by Crippen LogP contribution is 2.15. The first-order valence-corrected chi connectivity index (χ1v) is 6.19. The smallest absolute Gasteiger partial charge is 0.271 e. The summed E-state index contributed by atoms with van der Waals surface area (Å²) in [5, 5.41) is 5.98. The lowest BCUT2D eigenvalue weighted by molar-refractivity contribution is 0.0955. The second-order valence-corrected chi connectivity index (χ2v) is 4.28. The van der Waals surface area contributed by atoms with Crippen molar-refractivity contribution < 1.29 is 9.21 Å². The van der Waals surface area contributed by atoms with Crippen molar-refractivity contribution >= 4 is 22.9 Å². The average molecular weight is 264 g/mol. The predicted octanol–water partition coefficient (Wildman–Crippen LogP) is 3.20. The third-order valence-corrected chi connectivity index (χ3v) is 2.91. The number of amides is 1. The molecule has 3 aromatic rings. The van der Waals surface area contributed by atoms with Crippen LogP contribution < -0.4 is 5.43 Å². The minimum absolute atomic E-state index is 0.251. The fraction of sp³-hybridized carbons (Fsp3) is 0. The zero-order valence-corrected chi connectivity index (χ0v) is 10.6.